The number of nitrogens with zero attached hydrogens (tertiary/aromatic N) is 2. The number of para-hydroxylation sites is 3. The molecule has 0 saturated heterocycles. The lowest BCUT2D eigenvalue weighted by Gasteiger charge is -2.28. The van der Waals surface area contributed by atoms with Gasteiger partial charge in [0.2, 0.25) is 0 Å². The minimum atomic E-state index is -0.107. The van der Waals surface area contributed by atoms with E-state index in [1.165, 1.54) is 60.9 Å². The first kappa shape index (κ1) is 30.8. The van der Waals surface area contributed by atoms with E-state index in [0.717, 1.165) is 39.0 Å². The van der Waals surface area contributed by atoms with E-state index in [2.05, 4.69) is 193 Å². The lowest BCUT2D eigenvalue weighted by molar-refractivity contribution is 0.660. The number of anilines is 3. The molecule has 1 aliphatic rings. The molecule has 3 nitrogen and oxygen atoms in total. The van der Waals surface area contributed by atoms with Crippen LogP contribution in [0.5, 0.6) is 0 Å². The molecule has 0 saturated carbocycles. The summed E-state index contributed by atoms with van der Waals surface area (Å²) in [5, 5.41) is 4.74. The van der Waals surface area contributed by atoms with Crippen molar-refractivity contribution < 1.29 is 4.42 Å². The zero-order valence-electron chi connectivity index (χ0n) is 30.1. The van der Waals surface area contributed by atoms with E-state index in [4.69, 9.17) is 4.42 Å². The number of rotatable bonds is 5. The van der Waals surface area contributed by atoms with Gasteiger partial charge in [-0.2, -0.15) is 0 Å². The maximum absolute atomic E-state index is 6.25. The third kappa shape index (κ3) is 4.55. The standard InChI is InChI=1S/C51H36N2O/c1-51(2)45-17-9-6-14-39(45)40-27-25-38(32-46(40)51)52(37-26-29-50-44(31-37)42-16-8-11-19-49(42)54-50)36-23-20-33(21-24-36)34-22-28-48-43(30-34)41-15-7-10-18-47(41)53(48)35-12-4-3-5-13-35/h3-32H,1-2H3. The first-order chi connectivity index (χ1) is 26.5. The average molecular weight is 693 g/mol. The van der Waals surface area contributed by atoms with Crippen LogP contribution < -0.4 is 4.90 Å². The molecule has 0 fully saturated rings. The molecule has 256 valence electrons. The molecule has 0 amide bonds. The van der Waals surface area contributed by atoms with E-state index in [0.29, 0.717) is 0 Å². The van der Waals surface area contributed by atoms with Gasteiger partial charge >= 0.3 is 0 Å². The second kappa shape index (κ2) is 11.6. The van der Waals surface area contributed by atoms with Crippen LogP contribution in [0.1, 0.15) is 25.0 Å². The van der Waals surface area contributed by atoms with Gasteiger partial charge in [-0.15, -0.1) is 0 Å². The highest BCUT2D eigenvalue weighted by molar-refractivity contribution is 6.10. The van der Waals surface area contributed by atoms with Crippen LogP contribution in [0.15, 0.2) is 186 Å². The fraction of sp³-hybridized carbons (Fsp3) is 0.0588. The van der Waals surface area contributed by atoms with Crippen molar-refractivity contribution in [2.75, 3.05) is 4.90 Å². The third-order valence-electron chi connectivity index (χ3n) is 11.6. The van der Waals surface area contributed by atoms with Crippen molar-refractivity contribution in [1.29, 1.82) is 0 Å². The highest BCUT2D eigenvalue weighted by Gasteiger charge is 2.35. The number of aromatic nitrogens is 1. The minimum absolute atomic E-state index is 0.107. The van der Waals surface area contributed by atoms with E-state index in [9.17, 15) is 0 Å². The Balaban J connectivity index is 1.05. The van der Waals surface area contributed by atoms with Crippen LogP contribution >= 0.6 is 0 Å². The largest absolute Gasteiger partial charge is 0.456 e. The predicted octanol–water partition coefficient (Wildman–Crippen LogP) is 14.1. The van der Waals surface area contributed by atoms with E-state index in [1.54, 1.807) is 0 Å². The summed E-state index contributed by atoms with van der Waals surface area (Å²) < 4.78 is 8.62. The quantitative estimate of drug-likeness (QED) is 0.179. The van der Waals surface area contributed by atoms with Crippen LogP contribution in [0.3, 0.4) is 0 Å². The van der Waals surface area contributed by atoms with Gasteiger partial charge in [0.25, 0.3) is 0 Å². The van der Waals surface area contributed by atoms with Crippen LogP contribution in [-0.4, -0.2) is 4.57 Å². The van der Waals surface area contributed by atoms with Gasteiger partial charge in [0.1, 0.15) is 11.2 Å². The summed E-state index contributed by atoms with van der Waals surface area (Å²) in [6.45, 7) is 4.69. The van der Waals surface area contributed by atoms with Gasteiger partial charge in [-0.3, -0.25) is 0 Å². The van der Waals surface area contributed by atoms with Crippen molar-refractivity contribution in [2.45, 2.75) is 19.3 Å². The smallest absolute Gasteiger partial charge is 0.135 e. The Bertz CT molecular complexity index is 3070. The van der Waals surface area contributed by atoms with Crippen LogP contribution in [0.2, 0.25) is 0 Å². The fourth-order valence-electron chi connectivity index (χ4n) is 8.94. The fourth-order valence-corrected chi connectivity index (χ4v) is 8.94. The summed E-state index contributed by atoms with van der Waals surface area (Å²) in [7, 11) is 0. The Labute approximate surface area is 314 Å². The van der Waals surface area contributed by atoms with Gasteiger partial charge in [-0.1, -0.05) is 117 Å². The van der Waals surface area contributed by atoms with Gasteiger partial charge in [-0.05, 0) is 112 Å². The van der Waals surface area contributed by atoms with Crippen molar-refractivity contribution >= 4 is 60.8 Å². The Morgan fingerprint density at radius 1 is 0.426 bits per heavy atom. The Morgan fingerprint density at radius 2 is 1.06 bits per heavy atom. The molecule has 0 N–H and O–H groups in total. The van der Waals surface area contributed by atoms with Crippen LogP contribution in [-0.2, 0) is 5.41 Å². The lowest BCUT2D eigenvalue weighted by atomic mass is 9.82. The Hall–Kier alpha value is -6.84. The molecular formula is C51H36N2O. The summed E-state index contributed by atoms with van der Waals surface area (Å²) in [5.41, 5.74) is 16.3. The first-order valence-electron chi connectivity index (χ1n) is 18.7. The minimum Gasteiger partial charge on any atom is -0.456 e. The Kier molecular flexibility index (Phi) is 6.60. The summed E-state index contributed by atoms with van der Waals surface area (Å²) in [6.07, 6.45) is 0. The number of benzene rings is 8. The van der Waals surface area contributed by atoms with E-state index in [1.807, 2.05) is 12.1 Å². The molecule has 0 atom stereocenters. The molecule has 0 radical (unpaired) electrons. The maximum atomic E-state index is 6.25. The van der Waals surface area contributed by atoms with E-state index < -0.39 is 0 Å². The summed E-state index contributed by atoms with van der Waals surface area (Å²) in [4.78, 5) is 2.39. The molecule has 54 heavy (non-hydrogen) atoms. The van der Waals surface area contributed by atoms with Gasteiger partial charge in [0.05, 0.1) is 11.0 Å². The number of furan rings is 1. The topological polar surface area (TPSA) is 21.3 Å². The molecule has 8 aromatic carbocycles. The second-order valence-corrected chi connectivity index (χ2v) is 15.0. The molecule has 3 heteroatoms. The third-order valence-corrected chi connectivity index (χ3v) is 11.6. The zero-order valence-corrected chi connectivity index (χ0v) is 30.1. The van der Waals surface area contributed by atoms with Crippen LogP contribution in [0, 0.1) is 0 Å². The normalized spacial score (nSPS) is 13.1. The number of hydrogen-bond acceptors (Lipinski definition) is 2. The van der Waals surface area contributed by atoms with Crippen LogP contribution in [0.25, 0.3) is 71.7 Å². The molecule has 2 aromatic heterocycles. The summed E-state index contributed by atoms with van der Waals surface area (Å²) >= 11 is 0. The summed E-state index contributed by atoms with van der Waals surface area (Å²) in [6, 6.07) is 66.0. The molecule has 0 bridgehead atoms. The highest BCUT2D eigenvalue weighted by atomic mass is 16.3. The van der Waals surface area contributed by atoms with Crippen molar-refractivity contribution in [3.8, 4) is 27.9 Å². The SMILES string of the molecule is CC1(C)c2ccccc2-c2ccc(N(c3ccc(-c4ccc5c(c4)c4ccccc4n5-c4ccccc4)cc3)c3ccc4oc5ccccc5c4c3)cc21. The van der Waals surface area contributed by atoms with E-state index >= 15 is 0 Å². The van der Waals surface area contributed by atoms with E-state index in [-0.39, 0.29) is 5.41 Å². The molecule has 11 rings (SSSR count). The van der Waals surface area contributed by atoms with Gasteiger partial charge in [0, 0.05) is 49.7 Å². The van der Waals surface area contributed by atoms with Crippen molar-refractivity contribution in [1.82, 2.24) is 4.57 Å². The molecule has 0 spiro atoms. The van der Waals surface area contributed by atoms with Gasteiger partial charge < -0.3 is 13.9 Å². The predicted molar refractivity (Wildman–Crippen MR) is 226 cm³/mol. The summed E-state index contributed by atoms with van der Waals surface area (Å²) in [5.74, 6) is 0. The molecule has 0 aliphatic heterocycles. The lowest BCUT2D eigenvalue weighted by Crippen LogP contribution is -2.16. The van der Waals surface area contributed by atoms with Gasteiger partial charge in [-0.25, -0.2) is 0 Å². The monoisotopic (exact) mass is 692 g/mol. The number of fused-ring (bicyclic) bond motifs is 9. The molecule has 0 unspecified atom stereocenters. The number of hydrogen-bond donors (Lipinski definition) is 0. The highest BCUT2D eigenvalue weighted by Crippen LogP contribution is 2.51. The van der Waals surface area contributed by atoms with Crippen molar-refractivity contribution in [3.63, 3.8) is 0 Å². The van der Waals surface area contributed by atoms with Gasteiger partial charge in [0.15, 0.2) is 0 Å². The average Bonchev–Trinajstić information content (AvgIpc) is 3.84. The molecular weight excluding hydrogens is 657 g/mol. The first-order valence-corrected chi connectivity index (χ1v) is 18.7. The van der Waals surface area contributed by atoms with Crippen LogP contribution in [0.4, 0.5) is 17.1 Å². The molecule has 10 aromatic rings. The van der Waals surface area contributed by atoms with Crippen molar-refractivity contribution in [2.24, 2.45) is 0 Å². The maximum Gasteiger partial charge on any atom is 0.135 e. The zero-order chi connectivity index (χ0) is 36.0. The van der Waals surface area contributed by atoms with Crippen molar-refractivity contribution in [3.05, 3.63) is 193 Å². The second-order valence-electron chi connectivity index (χ2n) is 15.0. The molecule has 2 heterocycles. The Morgan fingerprint density at radius 3 is 1.93 bits per heavy atom. The molecule has 1 aliphatic carbocycles.